The number of nitrogen functional groups attached to an aromatic ring is 1. The number of aromatic nitrogens is 1. The van der Waals surface area contributed by atoms with Crippen molar-refractivity contribution < 1.29 is 9.53 Å². The molecule has 1 atom stereocenters. The van der Waals surface area contributed by atoms with Gasteiger partial charge >= 0.3 is 0 Å². The van der Waals surface area contributed by atoms with Crippen LogP contribution in [0.4, 0.5) is 5.82 Å². The van der Waals surface area contributed by atoms with E-state index in [-0.39, 0.29) is 12.0 Å². The Bertz CT molecular complexity index is 489. The first-order valence-electron chi connectivity index (χ1n) is 6.02. The fourth-order valence-corrected chi connectivity index (χ4v) is 3.34. The van der Waals surface area contributed by atoms with Gasteiger partial charge in [-0.2, -0.15) is 0 Å². The van der Waals surface area contributed by atoms with E-state index in [2.05, 4.69) is 5.32 Å². The highest BCUT2D eigenvalue weighted by atomic mass is 32.1. The minimum atomic E-state index is -0.161. The number of nitrogens with two attached hydrogens (primary N) is 1. The van der Waals surface area contributed by atoms with Crippen LogP contribution in [0, 0.1) is 3.95 Å². The molecule has 7 heteroatoms. The Kier molecular flexibility index (Phi) is 4.36. The van der Waals surface area contributed by atoms with E-state index in [1.54, 1.807) is 4.57 Å². The van der Waals surface area contributed by atoms with Gasteiger partial charge in [-0.1, -0.05) is 11.3 Å². The highest BCUT2D eigenvalue weighted by Gasteiger charge is 2.19. The maximum atomic E-state index is 12.0. The van der Waals surface area contributed by atoms with Crippen LogP contribution >= 0.6 is 23.6 Å². The van der Waals surface area contributed by atoms with E-state index in [1.807, 2.05) is 6.92 Å². The van der Waals surface area contributed by atoms with Crippen molar-refractivity contribution in [2.75, 3.05) is 18.9 Å². The smallest absolute Gasteiger partial charge is 0.265 e. The van der Waals surface area contributed by atoms with Gasteiger partial charge in [-0.25, -0.2) is 0 Å². The first-order valence-corrected chi connectivity index (χ1v) is 7.24. The van der Waals surface area contributed by atoms with Crippen molar-refractivity contribution in [2.45, 2.75) is 32.4 Å². The third-order valence-electron chi connectivity index (χ3n) is 2.97. The van der Waals surface area contributed by atoms with Crippen molar-refractivity contribution in [3.8, 4) is 0 Å². The molecule has 1 aromatic heterocycles. The predicted molar refractivity (Wildman–Crippen MR) is 74.5 cm³/mol. The summed E-state index contributed by atoms with van der Waals surface area (Å²) >= 11 is 6.42. The standard InChI is InChI=1S/C11H17N3O2S2/c1-2-14-9(12)8(18-11(14)17)10(15)13-6-7-4-3-5-16-7/h7H,2-6,12H2,1H3,(H,13,15)/t7-/m0/s1. The first-order chi connectivity index (χ1) is 8.63. The van der Waals surface area contributed by atoms with Crippen LogP contribution in [0.2, 0.25) is 0 Å². The second-order valence-electron chi connectivity index (χ2n) is 4.17. The average molecular weight is 287 g/mol. The van der Waals surface area contributed by atoms with E-state index in [9.17, 15) is 4.79 Å². The van der Waals surface area contributed by atoms with Crippen LogP contribution in [0.1, 0.15) is 29.4 Å². The maximum absolute atomic E-state index is 12.0. The van der Waals surface area contributed by atoms with Crippen LogP contribution in [0.25, 0.3) is 0 Å². The average Bonchev–Trinajstić information content (AvgIpc) is 2.95. The number of amides is 1. The molecule has 3 N–H and O–H groups in total. The third-order valence-corrected chi connectivity index (χ3v) is 4.43. The van der Waals surface area contributed by atoms with E-state index in [1.165, 1.54) is 11.3 Å². The summed E-state index contributed by atoms with van der Waals surface area (Å²) in [5.74, 6) is 0.295. The molecule has 0 aromatic carbocycles. The molecule has 5 nitrogen and oxygen atoms in total. The van der Waals surface area contributed by atoms with Crippen LogP contribution in [-0.2, 0) is 11.3 Å². The molecule has 1 fully saturated rings. The predicted octanol–water partition coefficient (Wildman–Crippen LogP) is 1.79. The Morgan fingerprint density at radius 3 is 3.06 bits per heavy atom. The number of rotatable bonds is 4. The molecule has 1 aromatic rings. The van der Waals surface area contributed by atoms with Crippen molar-refractivity contribution in [1.82, 2.24) is 9.88 Å². The number of anilines is 1. The molecule has 100 valence electrons. The Labute approximate surface area is 115 Å². The van der Waals surface area contributed by atoms with E-state index >= 15 is 0 Å². The maximum Gasteiger partial charge on any atom is 0.265 e. The van der Waals surface area contributed by atoms with Gasteiger partial charge in [0.2, 0.25) is 0 Å². The summed E-state index contributed by atoms with van der Waals surface area (Å²) in [4.78, 5) is 12.5. The lowest BCUT2D eigenvalue weighted by atomic mass is 10.2. The molecule has 1 saturated heterocycles. The van der Waals surface area contributed by atoms with Crippen molar-refractivity contribution in [1.29, 1.82) is 0 Å². The quantitative estimate of drug-likeness (QED) is 0.828. The number of hydrogen-bond donors (Lipinski definition) is 2. The lowest BCUT2D eigenvalue weighted by molar-refractivity contribution is 0.0861. The second kappa shape index (κ2) is 5.81. The van der Waals surface area contributed by atoms with Gasteiger partial charge in [-0.15, -0.1) is 0 Å². The van der Waals surface area contributed by atoms with Gasteiger partial charge in [0.05, 0.1) is 6.10 Å². The molecule has 0 spiro atoms. The molecule has 2 heterocycles. The zero-order valence-electron chi connectivity index (χ0n) is 10.3. The summed E-state index contributed by atoms with van der Waals surface area (Å²) in [5, 5.41) is 2.85. The molecular formula is C11H17N3O2S2. The highest BCUT2D eigenvalue weighted by molar-refractivity contribution is 7.73. The number of hydrogen-bond acceptors (Lipinski definition) is 5. The van der Waals surface area contributed by atoms with Crippen molar-refractivity contribution >= 4 is 35.3 Å². The lowest BCUT2D eigenvalue weighted by Gasteiger charge is -2.10. The normalized spacial score (nSPS) is 19.1. The molecule has 1 aliphatic rings. The number of carbonyl (C=O) groups is 1. The van der Waals surface area contributed by atoms with Gasteiger partial charge < -0.3 is 20.4 Å². The van der Waals surface area contributed by atoms with Gasteiger partial charge in [0.15, 0.2) is 3.95 Å². The summed E-state index contributed by atoms with van der Waals surface area (Å²) in [7, 11) is 0. The minimum absolute atomic E-state index is 0.136. The summed E-state index contributed by atoms with van der Waals surface area (Å²) < 4.78 is 7.85. The zero-order chi connectivity index (χ0) is 13.1. The molecule has 0 saturated carbocycles. The Morgan fingerprint density at radius 1 is 1.72 bits per heavy atom. The van der Waals surface area contributed by atoms with Gasteiger partial charge in [-0.05, 0) is 32.0 Å². The van der Waals surface area contributed by atoms with E-state index < -0.39 is 0 Å². The SMILES string of the molecule is CCn1c(N)c(C(=O)NC[C@@H]2CCCO2)sc1=S. The summed E-state index contributed by atoms with van der Waals surface area (Å²) in [6.45, 7) is 3.95. The molecule has 0 aliphatic carbocycles. The van der Waals surface area contributed by atoms with Crippen LogP contribution in [0.15, 0.2) is 0 Å². The Balaban J connectivity index is 2.02. The van der Waals surface area contributed by atoms with Crippen LogP contribution < -0.4 is 11.1 Å². The topological polar surface area (TPSA) is 69.3 Å². The Morgan fingerprint density at radius 2 is 2.50 bits per heavy atom. The fourth-order valence-electron chi connectivity index (χ4n) is 1.97. The fraction of sp³-hybridized carbons (Fsp3) is 0.636. The number of thiazole rings is 1. The largest absolute Gasteiger partial charge is 0.384 e. The van der Waals surface area contributed by atoms with Gasteiger partial charge in [0, 0.05) is 19.7 Å². The van der Waals surface area contributed by atoms with Gasteiger partial charge in [-0.3, -0.25) is 4.79 Å². The van der Waals surface area contributed by atoms with Crippen LogP contribution in [-0.4, -0.2) is 29.7 Å². The number of nitrogens with one attached hydrogen (secondary N) is 1. The van der Waals surface area contributed by atoms with Crippen molar-refractivity contribution in [3.05, 3.63) is 8.83 Å². The molecule has 1 aliphatic heterocycles. The van der Waals surface area contributed by atoms with E-state index in [0.29, 0.717) is 27.7 Å². The summed E-state index contributed by atoms with van der Waals surface area (Å²) in [5.41, 5.74) is 5.91. The summed E-state index contributed by atoms with van der Waals surface area (Å²) in [6, 6.07) is 0. The number of carbonyl (C=O) groups excluding carboxylic acids is 1. The van der Waals surface area contributed by atoms with Gasteiger partial charge in [0.1, 0.15) is 10.7 Å². The molecule has 1 amide bonds. The number of nitrogens with zero attached hydrogens (tertiary/aromatic N) is 1. The van der Waals surface area contributed by atoms with E-state index in [4.69, 9.17) is 22.7 Å². The molecule has 0 radical (unpaired) electrons. The zero-order valence-corrected chi connectivity index (χ0v) is 11.9. The Hall–Kier alpha value is -0.920. The first kappa shape index (κ1) is 13.5. The highest BCUT2D eigenvalue weighted by Crippen LogP contribution is 2.22. The number of ether oxygens (including phenoxy) is 1. The van der Waals surface area contributed by atoms with Gasteiger partial charge in [0.25, 0.3) is 5.91 Å². The van der Waals surface area contributed by atoms with Crippen molar-refractivity contribution in [2.24, 2.45) is 0 Å². The molecular weight excluding hydrogens is 270 g/mol. The molecule has 0 unspecified atom stereocenters. The molecule has 0 bridgehead atoms. The lowest BCUT2D eigenvalue weighted by Crippen LogP contribution is -2.31. The van der Waals surface area contributed by atoms with E-state index in [0.717, 1.165) is 19.4 Å². The van der Waals surface area contributed by atoms with Crippen LogP contribution in [0.5, 0.6) is 0 Å². The summed E-state index contributed by atoms with van der Waals surface area (Å²) in [6.07, 6.45) is 2.20. The minimum Gasteiger partial charge on any atom is -0.384 e. The monoisotopic (exact) mass is 287 g/mol. The molecule has 18 heavy (non-hydrogen) atoms. The second-order valence-corrected chi connectivity index (χ2v) is 5.82. The van der Waals surface area contributed by atoms with Crippen LogP contribution in [0.3, 0.4) is 0 Å². The molecule has 2 rings (SSSR count). The van der Waals surface area contributed by atoms with Crippen molar-refractivity contribution in [3.63, 3.8) is 0 Å². The third kappa shape index (κ3) is 2.73.